The Morgan fingerprint density at radius 1 is 1.33 bits per heavy atom. The van der Waals surface area contributed by atoms with Crippen molar-refractivity contribution in [3.05, 3.63) is 35.5 Å². The number of ether oxygens (including phenoxy) is 1. The Hall–Kier alpha value is -1.77. The summed E-state index contributed by atoms with van der Waals surface area (Å²) in [6, 6.07) is 8.06. The first-order valence-electron chi connectivity index (χ1n) is 6.26. The Bertz CT molecular complexity index is 637. The zero-order valence-electron chi connectivity index (χ0n) is 11.0. The van der Waals surface area contributed by atoms with Crippen LogP contribution >= 0.6 is 0 Å². The van der Waals surface area contributed by atoms with Gasteiger partial charge >= 0.3 is 5.97 Å². The van der Waals surface area contributed by atoms with Crippen molar-refractivity contribution in [2.45, 2.75) is 32.2 Å². The molecule has 0 spiro atoms. The average molecular weight is 243 g/mol. The van der Waals surface area contributed by atoms with E-state index in [2.05, 4.69) is 24.5 Å². The lowest BCUT2D eigenvalue weighted by atomic mass is 9.85. The van der Waals surface area contributed by atoms with Gasteiger partial charge in [0.05, 0.1) is 12.7 Å². The largest absolute Gasteiger partial charge is 0.465 e. The summed E-state index contributed by atoms with van der Waals surface area (Å²) in [5.41, 5.74) is 3.03. The predicted molar refractivity (Wildman–Crippen MR) is 70.9 cm³/mol. The molecule has 1 aliphatic heterocycles. The van der Waals surface area contributed by atoms with Crippen LogP contribution in [0, 0.1) is 0 Å². The number of rotatable bonds is 1. The first kappa shape index (κ1) is 11.3. The van der Waals surface area contributed by atoms with Gasteiger partial charge in [-0.15, -0.1) is 0 Å². The van der Waals surface area contributed by atoms with E-state index in [4.69, 9.17) is 4.74 Å². The predicted octanol–water partition coefficient (Wildman–Crippen LogP) is 3.11. The monoisotopic (exact) mass is 243 g/mol. The van der Waals surface area contributed by atoms with Gasteiger partial charge in [-0.05, 0) is 12.5 Å². The Kier molecular flexibility index (Phi) is 2.27. The van der Waals surface area contributed by atoms with E-state index in [0.29, 0.717) is 0 Å². The fraction of sp³-hybridized carbons (Fsp3) is 0.400. The first-order chi connectivity index (χ1) is 8.56. The molecular formula is C15H17NO2. The van der Waals surface area contributed by atoms with Gasteiger partial charge in [-0.1, -0.05) is 32.0 Å². The normalized spacial score (nSPS) is 16.8. The lowest BCUT2D eigenvalue weighted by Gasteiger charge is -2.18. The van der Waals surface area contributed by atoms with Crippen molar-refractivity contribution in [3.8, 4) is 0 Å². The highest BCUT2D eigenvalue weighted by atomic mass is 16.5. The second-order valence-electron chi connectivity index (χ2n) is 5.52. The van der Waals surface area contributed by atoms with Crippen molar-refractivity contribution in [2.75, 3.05) is 7.11 Å². The maximum atomic E-state index is 12.1. The van der Waals surface area contributed by atoms with Crippen LogP contribution in [0.1, 0.15) is 36.3 Å². The van der Waals surface area contributed by atoms with E-state index in [0.717, 1.165) is 35.1 Å². The maximum absolute atomic E-state index is 12.1. The minimum Gasteiger partial charge on any atom is -0.465 e. The van der Waals surface area contributed by atoms with E-state index in [1.165, 1.54) is 7.11 Å². The number of carbonyl (C=O) groups is 1. The van der Waals surface area contributed by atoms with Crippen LogP contribution in [-0.2, 0) is 16.7 Å². The number of nitrogens with zero attached hydrogens (tertiary/aromatic N) is 1. The van der Waals surface area contributed by atoms with Crippen molar-refractivity contribution in [3.63, 3.8) is 0 Å². The number of hydrogen-bond acceptors (Lipinski definition) is 2. The number of hydrogen-bond donors (Lipinski definition) is 0. The van der Waals surface area contributed by atoms with Gasteiger partial charge in [0, 0.05) is 28.6 Å². The maximum Gasteiger partial charge on any atom is 0.340 e. The van der Waals surface area contributed by atoms with E-state index in [1.54, 1.807) is 0 Å². The molecule has 0 bridgehead atoms. The number of benzene rings is 1. The van der Waals surface area contributed by atoms with Crippen LogP contribution in [-0.4, -0.2) is 17.6 Å². The van der Waals surface area contributed by atoms with Gasteiger partial charge in [-0.2, -0.15) is 0 Å². The van der Waals surface area contributed by atoms with Crippen LogP contribution in [0.2, 0.25) is 0 Å². The minimum absolute atomic E-state index is 0.0303. The third-order valence-electron chi connectivity index (χ3n) is 3.96. The van der Waals surface area contributed by atoms with Gasteiger partial charge in [0.1, 0.15) is 0 Å². The molecule has 18 heavy (non-hydrogen) atoms. The molecule has 0 saturated carbocycles. The number of esters is 1. The molecule has 3 nitrogen and oxygen atoms in total. The van der Waals surface area contributed by atoms with Crippen molar-refractivity contribution in [1.29, 1.82) is 0 Å². The van der Waals surface area contributed by atoms with Crippen LogP contribution in [0.25, 0.3) is 10.9 Å². The summed E-state index contributed by atoms with van der Waals surface area (Å²) >= 11 is 0. The molecule has 3 rings (SSSR count). The highest BCUT2D eigenvalue weighted by Crippen LogP contribution is 2.42. The third kappa shape index (κ3) is 1.33. The van der Waals surface area contributed by atoms with Crippen molar-refractivity contribution >= 4 is 16.9 Å². The molecule has 2 aromatic rings. The van der Waals surface area contributed by atoms with Gasteiger partial charge in [0.15, 0.2) is 0 Å². The van der Waals surface area contributed by atoms with Crippen molar-refractivity contribution < 1.29 is 9.53 Å². The average Bonchev–Trinajstić information content (AvgIpc) is 2.85. The van der Waals surface area contributed by atoms with Gasteiger partial charge < -0.3 is 9.30 Å². The summed E-state index contributed by atoms with van der Waals surface area (Å²) in [5.74, 6) is -0.227. The first-order valence-corrected chi connectivity index (χ1v) is 6.26. The lowest BCUT2D eigenvalue weighted by Crippen LogP contribution is -2.17. The Labute approximate surface area is 106 Å². The second kappa shape index (κ2) is 3.61. The SMILES string of the molecule is COC(=O)c1c2n(c3ccccc13)CCC2(C)C. The minimum atomic E-state index is -0.227. The van der Waals surface area contributed by atoms with Gasteiger partial charge in [0.25, 0.3) is 0 Å². The molecule has 94 valence electrons. The summed E-state index contributed by atoms with van der Waals surface area (Å²) in [4.78, 5) is 12.1. The quantitative estimate of drug-likeness (QED) is 0.721. The molecule has 1 aromatic carbocycles. The topological polar surface area (TPSA) is 31.2 Å². The molecule has 1 aromatic heterocycles. The van der Waals surface area contributed by atoms with E-state index < -0.39 is 0 Å². The molecule has 2 heterocycles. The fourth-order valence-corrected chi connectivity index (χ4v) is 3.06. The molecule has 3 heteroatoms. The number of aryl methyl sites for hydroxylation is 1. The molecule has 1 aliphatic rings. The molecule has 0 amide bonds. The number of fused-ring (bicyclic) bond motifs is 3. The number of para-hydroxylation sites is 1. The van der Waals surface area contributed by atoms with Crippen molar-refractivity contribution in [2.24, 2.45) is 0 Å². The Morgan fingerprint density at radius 3 is 2.78 bits per heavy atom. The van der Waals surface area contributed by atoms with Crippen LogP contribution in [0.4, 0.5) is 0 Å². The Balaban J connectivity index is 2.42. The molecule has 0 unspecified atom stereocenters. The van der Waals surface area contributed by atoms with E-state index in [1.807, 2.05) is 18.2 Å². The molecule has 0 N–H and O–H groups in total. The summed E-state index contributed by atoms with van der Waals surface area (Å²) < 4.78 is 7.23. The number of aromatic nitrogens is 1. The Morgan fingerprint density at radius 2 is 2.06 bits per heavy atom. The van der Waals surface area contributed by atoms with Crippen LogP contribution < -0.4 is 0 Å². The van der Waals surface area contributed by atoms with E-state index in [9.17, 15) is 4.79 Å². The smallest absolute Gasteiger partial charge is 0.340 e. The molecular weight excluding hydrogens is 226 g/mol. The zero-order valence-corrected chi connectivity index (χ0v) is 11.0. The highest BCUT2D eigenvalue weighted by molar-refractivity contribution is 6.06. The molecule has 0 aliphatic carbocycles. The van der Waals surface area contributed by atoms with Crippen molar-refractivity contribution in [1.82, 2.24) is 4.57 Å². The molecule has 0 fully saturated rings. The fourth-order valence-electron chi connectivity index (χ4n) is 3.06. The summed E-state index contributed by atoms with van der Waals surface area (Å²) in [7, 11) is 1.45. The standard InChI is InChI=1S/C15H17NO2/c1-15(2)8-9-16-11-7-5-4-6-10(11)12(13(15)16)14(17)18-3/h4-7H,8-9H2,1-3H3. The van der Waals surface area contributed by atoms with Crippen LogP contribution in [0.5, 0.6) is 0 Å². The number of methoxy groups -OCH3 is 1. The highest BCUT2D eigenvalue weighted by Gasteiger charge is 2.37. The number of carbonyl (C=O) groups excluding carboxylic acids is 1. The molecule has 0 radical (unpaired) electrons. The molecule has 0 saturated heterocycles. The second-order valence-corrected chi connectivity index (χ2v) is 5.52. The third-order valence-corrected chi connectivity index (χ3v) is 3.96. The summed E-state index contributed by atoms with van der Waals surface area (Å²) in [6.45, 7) is 5.36. The zero-order chi connectivity index (χ0) is 12.9. The molecule has 0 atom stereocenters. The summed E-state index contributed by atoms with van der Waals surface area (Å²) in [5, 5.41) is 1.01. The van der Waals surface area contributed by atoms with Gasteiger partial charge in [-0.25, -0.2) is 4.79 Å². The van der Waals surface area contributed by atoms with Gasteiger partial charge in [0.2, 0.25) is 0 Å². The summed E-state index contributed by atoms with van der Waals surface area (Å²) in [6.07, 6.45) is 1.07. The van der Waals surface area contributed by atoms with E-state index in [-0.39, 0.29) is 11.4 Å². The lowest BCUT2D eigenvalue weighted by molar-refractivity contribution is 0.0600. The van der Waals surface area contributed by atoms with E-state index >= 15 is 0 Å². The van der Waals surface area contributed by atoms with Crippen LogP contribution in [0.15, 0.2) is 24.3 Å². The van der Waals surface area contributed by atoms with Gasteiger partial charge in [-0.3, -0.25) is 0 Å². The van der Waals surface area contributed by atoms with Crippen LogP contribution in [0.3, 0.4) is 0 Å².